The van der Waals surface area contributed by atoms with Crippen molar-refractivity contribution < 1.29 is 14.3 Å². The molecule has 0 aliphatic heterocycles. The summed E-state index contributed by atoms with van der Waals surface area (Å²) in [5, 5.41) is 3.45. The van der Waals surface area contributed by atoms with Crippen LogP contribution in [0.2, 0.25) is 5.02 Å². The molecule has 1 heterocycles. The lowest BCUT2D eigenvalue weighted by molar-refractivity contribution is 0.0937. The molecule has 1 amide bonds. The summed E-state index contributed by atoms with van der Waals surface area (Å²) in [6, 6.07) is 16.2. The zero-order valence-electron chi connectivity index (χ0n) is 15.7. The van der Waals surface area contributed by atoms with Gasteiger partial charge < -0.3 is 14.8 Å². The number of hydrogen-bond acceptors (Lipinski definition) is 4. The zero-order valence-corrected chi connectivity index (χ0v) is 16.4. The Labute approximate surface area is 169 Å². The summed E-state index contributed by atoms with van der Waals surface area (Å²) >= 11 is 6.01. The molecule has 3 aromatic rings. The Morgan fingerprint density at radius 1 is 1.18 bits per heavy atom. The Balaban J connectivity index is 1.62. The Morgan fingerprint density at radius 2 is 1.96 bits per heavy atom. The van der Waals surface area contributed by atoms with Crippen LogP contribution in [0.25, 0.3) is 0 Å². The van der Waals surface area contributed by atoms with Crippen molar-refractivity contribution in [3.8, 4) is 11.5 Å². The van der Waals surface area contributed by atoms with E-state index in [1.807, 2.05) is 43.3 Å². The summed E-state index contributed by atoms with van der Waals surface area (Å²) in [5.74, 6) is 0.986. The quantitative estimate of drug-likeness (QED) is 0.622. The summed E-state index contributed by atoms with van der Waals surface area (Å²) in [6.45, 7) is 2.37. The van der Waals surface area contributed by atoms with Crippen molar-refractivity contribution in [2.45, 2.75) is 19.6 Å². The number of halogens is 1. The van der Waals surface area contributed by atoms with E-state index in [0.29, 0.717) is 22.9 Å². The molecule has 1 aromatic heterocycles. The van der Waals surface area contributed by atoms with Gasteiger partial charge in [0.15, 0.2) is 0 Å². The fourth-order valence-corrected chi connectivity index (χ4v) is 2.89. The summed E-state index contributed by atoms with van der Waals surface area (Å²) in [5.41, 5.74) is 2.36. The van der Waals surface area contributed by atoms with Crippen LogP contribution in [0.3, 0.4) is 0 Å². The molecule has 28 heavy (non-hydrogen) atoms. The van der Waals surface area contributed by atoms with Crippen molar-refractivity contribution in [2.75, 3.05) is 7.11 Å². The molecule has 0 spiro atoms. The van der Waals surface area contributed by atoms with Gasteiger partial charge in [-0.3, -0.25) is 9.78 Å². The zero-order chi connectivity index (χ0) is 19.9. The Morgan fingerprint density at radius 3 is 2.64 bits per heavy atom. The van der Waals surface area contributed by atoms with Crippen molar-refractivity contribution in [1.82, 2.24) is 10.3 Å². The predicted octanol–water partition coefficient (Wildman–Crippen LogP) is 4.81. The number of amides is 1. The van der Waals surface area contributed by atoms with Gasteiger partial charge in [-0.25, -0.2) is 0 Å². The molecular weight excluding hydrogens is 376 g/mol. The number of nitrogens with zero attached hydrogens (tertiary/aromatic N) is 1. The Bertz CT molecular complexity index is 930. The second-order valence-corrected chi connectivity index (χ2v) is 6.70. The maximum atomic E-state index is 12.6. The van der Waals surface area contributed by atoms with Crippen LogP contribution in [0.15, 0.2) is 67.0 Å². The number of aromatic nitrogens is 1. The lowest BCUT2D eigenvalue weighted by atomic mass is 10.1. The summed E-state index contributed by atoms with van der Waals surface area (Å²) in [4.78, 5) is 16.7. The second kappa shape index (κ2) is 9.24. The highest BCUT2D eigenvalue weighted by molar-refractivity contribution is 6.31. The molecule has 0 aliphatic rings. The van der Waals surface area contributed by atoms with Crippen LogP contribution in [0, 0.1) is 0 Å². The van der Waals surface area contributed by atoms with E-state index in [1.54, 1.807) is 30.6 Å². The molecule has 0 saturated heterocycles. The van der Waals surface area contributed by atoms with E-state index in [4.69, 9.17) is 21.1 Å². The largest absolute Gasteiger partial charge is 0.496 e. The SMILES string of the molecule is COc1ccc(Cl)cc1C(=O)NC(C)c1ccc(OCc2cccnc2)cc1. The van der Waals surface area contributed by atoms with Gasteiger partial charge >= 0.3 is 0 Å². The average Bonchev–Trinajstić information content (AvgIpc) is 2.73. The minimum atomic E-state index is -0.247. The first-order valence-electron chi connectivity index (χ1n) is 8.83. The van der Waals surface area contributed by atoms with E-state index in [1.165, 1.54) is 7.11 Å². The van der Waals surface area contributed by atoms with Gasteiger partial charge in [0.25, 0.3) is 5.91 Å². The van der Waals surface area contributed by atoms with E-state index in [2.05, 4.69) is 10.3 Å². The number of benzene rings is 2. The highest BCUT2D eigenvalue weighted by Gasteiger charge is 2.16. The number of carbonyl (C=O) groups is 1. The molecule has 5 nitrogen and oxygen atoms in total. The molecule has 0 saturated carbocycles. The van der Waals surface area contributed by atoms with Gasteiger partial charge in [-0.1, -0.05) is 29.8 Å². The van der Waals surface area contributed by atoms with Crippen LogP contribution in [-0.2, 0) is 6.61 Å². The molecule has 6 heteroatoms. The highest BCUT2D eigenvalue weighted by Crippen LogP contribution is 2.24. The number of ether oxygens (including phenoxy) is 2. The number of pyridine rings is 1. The van der Waals surface area contributed by atoms with Gasteiger partial charge in [0.2, 0.25) is 0 Å². The first-order valence-corrected chi connectivity index (χ1v) is 9.20. The van der Waals surface area contributed by atoms with Gasteiger partial charge in [-0.15, -0.1) is 0 Å². The standard InChI is InChI=1S/C22H21ClN2O3/c1-15(25-22(26)20-12-18(23)7-10-21(20)27-2)17-5-8-19(9-6-17)28-14-16-4-3-11-24-13-16/h3-13,15H,14H2,1-2H3,(H,25,26). The van der Waals surface area contributed by atoms with Gasteiger partial charge in [0, 0.05) is 23.0 Å². The minimum absolute atomic E-state index is 0.191. The molecule has 0 aliphatic carbocycles. The molecule has 0 fully saturated rings. The minimum Gasteiger partial charge on any atom is -0.496 e. The van der Waals surface area contributed by atoms with Crippen molar-refractivity contribution in [3.63, 3.8) is 0 Å². The fourth-order valence-electron chi connectivity index (χ4n) is 2.72. The molecule has 1 atom stereocenters. The van der Waals surface area contributed by atoms with E-state index >= 15 is 0 Å². The second-order valence-electron chi connectivity index (χ2n) is 6.26. The molecule has 144 valence electrons. The molecule has 1 N–H and O–H groups in total. The number of methoxy groups -OCH3 is 1. The van der Waals surface area contributed by atoms with Crippen molar-refractivity contribution in [1.29, 1.82) is 0 Å². The molecule has 2 aromatic carbocycles. The number of rotatable bonds is 7. The maximum absolute atomic E-state index is 12.6. The number of hydrogen-bond donors (Lipinski definition) is 1. The fraction of sp³-hybridized carbons (Fsp3) is 0.182. The van der Waals surface area contributed by atoms with E-state index in [0.717, 1.165) is 16.9 Å². The van der Waals surface area contributed by atoms with Crippen LogP contribution in [0.4, 0.5) is 0 Å². The van der Waals surface area contributed by atoms with Crippen molar-refractivity contribution >= 4 is 17.5 Å². The smallest absolute Gasteiger partial charge is 0.255 e. The van der Waals surface area contributed by atoms with Crippen molar-refractivity contribution in [2.24, 2.45) is 0 Å². The monoisotopic (exact) mass is 396 g/mol. The normalized spacial score (nSPS) is 11.5. The van der Waals surface area contributed by atoms with Gasteiger partial charge in [-0.05, 0) is 48.9 Å². The Hall–Kier alpha value is -3.05. The summed E-state index contributed by atoms with van der Waals surface area (Å²) < 4.78 is 11.0. The van der Waals surface area contributed by atoms with Crippen LogP contribution in [-0.4, -0.2) is 18.0 Å². The van der Waals surface area contributed by atoms with E-state index < -0.39 is 0 Å². The Kier molecular flexibility index (Phi) is 6.50. The van der Waals surface area contributed by atoms with E-state index in [9.17, 15) is 4.79 Å². The van der Waals surface area contributed by atoms with Crippen LogP contribution in [0.5, 0.6) is 11.5 Å². The molecule has 1 unspecified atom stereocenters. The molecular formula is C22H21ClN2O3. The maximum Gasteiger partial charge on any atom is 0.255 e. The third-order valence-corrected chi connectivity index (χ3v) is 4.50. The highest BCUT2D eigenvalue weighted by atomic mass is 35.5. The average molecular weight is 397 g/mol. The number of carbonyl (C=O) groups excluding carboxylic acids is 1. The first kappa shape index (κ1) is 19.7. The number of nitrogens with one attached hydrogen (secondary N) is 1. The van der Waals surface area contributed by atoms with Crippen LogP contribution < -0.4 is 14.8 Å². The van der Waals surface area contributed by atoms with E-state index in [-0.39, 0.29) is 11.9 Å². The summed E-state index contributed by atoms with van der Waals surface area (Å²) in [6.07, 6.45) is 3.50. The third-order valence-electron chi connectivity index (χ3n) is 4.26. The lowest BCUT2D eigenvalue weighted by Gasteiger charge is -2.16. The van der Waals surface area contributed by atoms with Crippen molar-refractivity contribution in [3.05, 3.63) is 88.7 Å². The van der Waals surface area contributed by atoms with Crippen LogP contribution in [0.1, 0.15) is 34.5 Å². The van der Waals surface area contributed by atoms with Gasteiger partial charge in [-0.2, -0.15) is 0 Å². The topological polar surface area (TPSA) is 60.5 Å². The first-order chi connectivity index (χ1) is 13.6. The summed E-state index contributed by atoms with van der Waals surface area (Å²) in [7, 11) is 1.52. The predicted molar refractivity (Wildman–Crippen MR) is 109 cm³/mol. The van der Waals surface area contributed by atoms with Gasteiger partial charge in [0.1, 0.15) is 18.1 Å². The third kappa shape index (κ3) is 5.02. The molecule has 0 radical (unpaired) electrons. The van der Waals surface area contributed by atoms with Crippen LogP contribution >= 0.6 is 11.6 Å². The molecule has 3 rings (SSSR count). The van der Waals surface area contributed by atoms with Gasteiger partial charge in [0.05, 0.1) is 18.7 Å². The lowest BCUT2D eigenvalue weighted by Crippen LogP contribution is -2.27. The molecule has 0 bridgehead atoms.